The van der Waals surface area contributed by atoms with Gasteiger partial charge in [-0.2, -0.15) is 11.8 Å². The fourth-order valence-electron chi connectivity index (χ4n) is 2.26. The highest BCUT2D eigenvalue weighted by Crippen LogP contribution is 2.43. The van der Waals surface area contributed by atoms with E-state index >= 15 is 0 Å². The summed E-state index contributed by atoms with van der Waals surface area (Å²) in [5, 5.41) is 11.5. The molecule has 1 rings (SSSR count). The predicted octanol–water partition coefficient (Wildman–Crippen LogP) is 1.26. The number of hydrogen-bond donors (Lipinski definition) is 2. The molecule has 0 aromatic rings. The summed E-state index contributed by atoms with van der Waals surface area (Å²) in [7, 11) is 0. The van der Waals surface area contributed by atoms with Crippen molar-refractivity contribution in [1.82, 2.24) is 5.32 Å². The normalized spacial score (nSPS) is 26.6. The summed E-state index contributed by atoms with van der Waals surface area (Å²) in [5.74, 6) is -0.660. The van der Waals surface area contributed by atoms with Crippen molar-refractivity contribution in [3.8, 4) is 0 Å². The molecule has 0 saturated carbocycles. The van der Waals surface area contributed by atoms with Crippen molar-refractivity contribution < 1.29 is 19.4 Å². The van der Waals surface area contributed by atoms with E-state index < -0.39 is 12.0 Å². The van der Waals surface area contributed by atoms with Gasteiger partial charge in [-0.3, -0.25) is 4.79 Å². The summed E-state index contributed by atoms with van der Waals surface area (Å²) in [4.78, 5) is 21.3. The van der Waals surface area contributed by atoms with E-state index in [4.69, 9.17) is 9.84 Å². The average Bonchev–Trinajstić information content (AvgIpc) is 2.40. The summed E-state index contributed by atoms with van der Waals surface area (Å²) in [6.07, 6.45) is 1.30. The molecule has 0 bridgehead atoms. The van der Waals surface area contributed by atoms with Crippen molar-refractivity contribution >= 4 is 24.1 Å². The molecular formula is C12H21NO4S. The maximum absolute atomic E-state index is 10.9. The summed E-state index contributed by atoms with van der Waals surface area (Å²) in [6, 6.07) is -0.841. The lowest BCUT2D eigenvalue weighted by Gasteiger charge is -2.27. The van der Waals surface area contributed by atoms with Crippen LogP contribution in [0.2, 0.25) is 0 Å². The monoisotopic (exact) mass is 275 g/mol. The zero-order chi connectivity index (χ0) is 14.0. The third-order valence-corrected chi connectivity index (χ3v) is 4.69. The molecule has 1 fully saturated rings. The van der Waals surface area contributed by atoms with Gasteiger partial charge >= 0.3 is 5.97 Å². The average molecular weight is 275 g/mol. The van der Waals surface area contributed by atoms with Gasteiger partial charge in [0.1, 0.15) is 6.04 Å². The maximum atomic E-state index is 10.9. The van der Waals surface area contributed by atoms with Crippen molar-refractivity contribution in [1.29, 1.82) is 0 Å². The first-order chi connectivity index (χ1) is 8.18. The van der Waals surface area contributed by atoms with E-state index in [9.17, 15) is 9.59 Å². The molecule has 1 saturated heterocycles. The minimum absolute atomic E-state index is 0.183. The molecular weight excluding hydrogens is 254 g/mol. The Morgan fingerprint density at radius 1 is 1.56 bits per heavy atom. The Hall–Kier alpha value is -0.750. The molecule has 18 heavy (non-hydrogen) atoms. The third-order valence-electron chi connectivity index (χ3n) is 3.02. The first kappa shape index (κ1) is 15.3. The van der Waals surface area contributed by atoms with Crippen LogP contribution in [-0.2, 0) is 14.3 Å². The second-order valence-electron chi connectivity index (χ2n) is 5.67. The molecule has 2 unspecified atom stereocenters. The van der Waals surface area contributed by atoms with E-state index in [-0.39, 0.29) is 16.5 Å². The number of hydrogen-bond acceptors (Lipinski definition) is 4. The fourth-order valence-corrected chi connectivity index (χ4v) is 3.89. The molecule has 5 nitrogen and oxygen atoms in total. The van der Waals surface area contributed by atoms with E-state index in [0.29, 0.717) is 12.2 Å². The molecule has 104 valence electrons. The number of nitrogens with one attached hydrogen (secondary N) is 1. The number of ether oxygens (including phenoxy) is 1. The Morgan fingerprint density at radius 2 is 2.17 bits per heavy atom. The molecule has 6 heteroatoms. The molecule has 0 aliphatic carbocycles. The van der Waals surface area contributed by atoms with Crippen LogP contribution in [0.25, 0.3) is 0 Å². The Morgan fingerprint density at radius 3 is 2.56 bits per heavy atom. The van der Waals surface area contributed by atoms with Crippen LogP contribution in [0.1, 0.15) is 34.1 Å². The summed E-state index contributed by atoms with van der Waals surface area (Å²) < 4.78 is 5.94. The molecule has 2 N–H and O–H groups in total. The highest BCUT2D eigenvalue weighted by atomic mass is 32.2. The van der Waals surface area contributed by atoms with Crippen molar-refractivity contribution in [2.24, 2.45) is 0 Å². The number of aliphatic carboxylic acids is 1. The minimum Gasteiger partial charge on any atom is -0.480 e. The molecule has 1 aliphatic heterocycles. The molecule has 0 spiro atoms. The van der Waals surface area contributed by atoms with Crippen molar-refractivity contribution in [2.45, 2.75) is 56.6 Å². The van der Waals surface area contributed by atoms with Gasteiger partial charge in [0.25, 0.3) is 0 Å². The first-order valence-electron chi connectivity index (χ1n) is 5.92. The number of carbonyl (C=O) groups excluding carboxylic acids is 1. The molecule has 0 radical (unpaired) electrons. The van der Waals surface area contributed by atoms with Crippen molar-refractivity contribution in [2.75, 3.05) is 5.75 Å². The first-order valence-corrected chi connectivity index (χ1v) is 6.97. The number of amides is 1. The zero-order valence-corrected chi connectivity index (χ0v) is 12.0. The van der Waals surface area contributed by atoms with Crippen LogP contribution in [0.4, 0.5) is 0 Å². The van der Waals surface area contributed by atoms with Crippen LogP contribution in [0.3, 0.4) is 0 Å². The second-order valence-corrected chi connectivity index (χ2v) is 6.90. The zero-order valence-electron chi connectivity index (χ0n) is 11.2. The number of carbonyl (C=O) groups is 2. The maximum Gasteiger partial charge on any atom is 0.327 e. The Bertz CT molecular complexity index is 330. The smallest absolute Gasteiger partial charge is 0.327 e. The van der Waals surface area contributed by atoms with Gasteiger partial charge in [-0.1, -0.05) is 0 Å². The molecule has 1 amide bonds. The molecule has 0 aromatic carbocycles. The molecule has 2 atom stereocenters. The largest absolute Gasteiger partial charge is 0.480 e. The quantitative estimate of drug-likeness (QED) is 0.714. The van der Waals surface area contributed by atoms with Crippen LogP contribution >= 0.6 is 11.8 Å². The third kappa shape index (κ3) is 3.88. The molecule has 0 aromatic heterocycles. The van der Waals surface area contributed by atoms with Gasteiger partial charge in [0.05, 0.1) is 11.2 Å². The number of carboxylic acids is 1. The van der Waals surface area contributed by atoms with Gasteiger partial charge in [0.15, 0.2) is 0 Å². The standard InChI is InChI=1S/C12H21NO4S/c1-11(2)5-9(12(3,4)17-11)18-6-8(10(15)16)13-7-14/h7-9H,5-6H2,1-4H3,(H,13,14)(H,15,16). The van der Waals surface area contributed by atoms with Gasteiger partial charge < -0.3 is 15.2 Å². The molecule has 1 aliphatic rings. The lowest BCUT2D eigenvalue weighted by Crippen LogP contribution is -2.39. The lowest BCUT2D eigenvalue weighted by molar-refractivity contribution is -0.139. The number of rotatable bonds is 6. The second kappa shape index (κ2) is 5.48. The van der Waals surface area contributed by atoms with E-state index in [1.54, 1.807) is 11.8 Å². The van der Waals surface area contributed by atoms with Crippen molar-refractivity contribution in [3.05, 3.63) is 0 Å². The van der Waals surface area contributed by atoms with E-state index in [1.807, 2.05) is 27.7 Å². The van der Waals surface area contributed by atoms with Crippen LogP contribution < -0.4 is 5.32 Å². The number of carboxylic acid groups (broad SMARTS) is 1. The highest BCUT2D eigenvalue weighted by molar-refractivity contribution is 8.00. The van der Waals surface area contributed by atoms with Gasteiger partial charge in [0, 0.05) is 11.0 Å². The fraction of sp³-hybridized carbons (Fsp3) is 0.833. The van der Waals surface area contributed by atoms with Crippen molar-refractivity contribution in [3.63, 3.8) is 0 Å². The SMILES string of the molecule is CC1(C)CC(SCC(NC=O)C(=O)O)C(C)(C)O1. The predicted molar refractivity (Wildman–Crippen MR) is 70.7 cm³/mol. The van der Waals surface area contributed by atoms with Gasteiger partial charge in [-0.25, -0.2) is 4.79 Å². The highest BCUT2D eigenvalue weighted by Gasteiger charge is 2.46. The van der Waals surface area contributed by atoms with E-state index in [1.165, 1.54) is 0 Å². The Balaban J connectivity index is 2.57. The van der Waals surface area contributed by atoms with E-state index in [2.05, 4.69) is 5.32 Å². The molecule has 1 heterocycles. The number of thioether (sulfide) groups is 1. The van der Waals surface area contributed by atoms with Crippen LogP contribution in [0, 0.1) is 0 Å². The summed E-state index contributed by atoms with van der Waals surface area (Å²) >= 11 is 1.54. The van der Waals surface area contributed by atoms with Gasteiger partial charge in [0.2, 0.25) is 6.41 Å². The van der Waals surface area contributed by atoms with Crippen LogP contribution in [0.15, 0.2) is 0 Å². The Labute approximate surface area is 112 Å². The van der Waals surface area contributed by atoms with E-state index in [0.717, 1.165) is 6.42 Å². The van der Waals surface area contributed by atoms with Crippen LogP contribution in [0.5, 0.6) is 0 Å². The minimum atomic E-state index is -1.01. The van der Waals surface area contributed by atoms with Crippen LogP contribution in [-0.4, -0.2) is 45.7 Å². The summed E-state index contributed by atoms with van der Waals surface area (Å²) in [5.41, 5.74) is -0.462. The summed E-state index contributed by atoms with van der Waals surface area (Å²) in [6.45, 7) is 8.10. The Kier molecular flexibility index (Phi) is 4.66. The van der Waals surface area contributed by atoms with Gasteiger partial charge in [-0.05, 0) is 34.1 Å². The topological polar surface area (TPSA) is 75.6 Å². The lowest BCUT2D eigenvalue weighted by atomic mass is 10.0. The van der Waals surface area contributed by atoms with Gasteiger partial charge in [-0.15, -0.1) is 0 Å².